The third-order valence-corrected chi connectivity index (χ3v) is 3.15. The van der Waals surface area contributed by atoms with E-state index in [2.05, 4.69) is 20.3 Å². The number of halogens is 3. The summed E-state index contributed by atoms with van der Waals surface area (Å²) in [4.78, 5) is 4.88. The lowest BCUT2D eigenvalue weighted by Crippen LogP contribution is -2.53. The Kier molecular flexibility index (Phi) is 4.04. The highest BCUT2D eigenvalue weighted by Gasteiger charge is 2.35. The third kappa shape index (κ3) is 4.13. The quantitative estimate of drug-likeness (QED) is 0.795. The van der Waals surface area contributed by atoms with Crippen molar-refractivity contribution >= 4 is 0 Å². The van der Waals surface area contributed by atoms with Crippen molar-refractivity contribution in [2.24, 2.45) is 7.05 Å². The molecule has 0 amide bonds. The molecule has 0 spiro atoms. The van der Waals surface area contributed by atoms with Crippen LogP contribution < -0.4 is 0 Å². The summed E-state index contributed by atoms with van der Waals surface area (Å²) in [5.74, 6) is 0.596. The summed E-state index contributed by atoms with van der Waals surface area (Å²) < 4.78 is 37.1. The molecular weight excluding hydrogens is 261 g/mol. The van der Waals surface area contributed by atoms with Crippen LogP contribution in [0, 0.1) is 0 Å². The van der Waals surface area contributed by atoms with Crippen molar-refractivity contribution in [3.05, 3.63) is 5.82 Å². The molecule has 0 aromatic carbocycles. The molecule has 0 N–H and O–H groups in total. The van der Waals surface area contributed by atoms with Crippen molar-refractivity contribution in [2.45, 2.75) is 25.7 Å². The van der Waals surface area contributed by atoms with Crippen LogP contribution in [0.2, 0.25) is 0 Å². The SMILES string of the molecule is CC1CN(Cc2nnn(C)n2)CCN1CC(F)(F)F. The molecule has 1 unspecified atom stereocenters. The van der Waals surface area contributed by atoms with Crippen LogP contribution in [0.3, 0.4) is 0 Å². The highest BCUT2D eigenvalue weighted by Crippen LogP contribution is 2.20. The molecule has 0 radical (unpaired) electrons. The first-order valence-electron chi connectivity index (χ1n) is 6.09. The molecular formula is C10H17F3N6. The van der Waals surface area contributed by atoms with E-state index in [-0.39, 0.29) is 6.04 Å². The zero-order valence-electron chi connectivity index (χ0n) is 10.9. The van der Waals surface area contributed by atoms with Gasteiger partial charge in [0.1, 0.15) is 0 Å². The fourth-order valence-corrected chi connectivity index (χ4v) is 2.27. The van der Waals surface area contributed by atoms with E-state index in [1.807, 2.05) is 6.92 Å². The molecule has 0 bridgehead atoms. The van der Waals surface area contributed by atoms with E-state index in [0.717, 1.165) is 0 Å². The van der Waals surface area contributed by atoms with Crippen LogP contribution in [0.15, 0.2) is 0 Å². The first-order chi connectivity index (χ1) is 8.83. The average molecular weight is 278 g/mol. The van der Waals surface area contributed by atoms with E-state index in [0.29, 0.717) is 32.0 Å². The third-order valence-electron chi connectivity index (χ3n) is 3.15. The Hall–Kier alpha value is -1.22. The molecule has 0 saturated carbocycles. The van der Waals surface area contributed by atoms with Crippen LogP contribution in [0.25, 0.3) is 0 Å². The van der Waals surface area contributed by atoms with Crippen molar-refractivity contribution in [2.75, 3.05) is 26.2 Å². The largest absolute Gasteiger partial charge is 0.401 e. The van der Waals surface area contributed by atoms with E-state index < -0.39 is 12.7 Å². The average Bonchev–Trinajstić information content (AvgIpc) is 2.66. The summed E-state index contributed by atoms with van der Waals surface area (Å²) in [5.41, 5.74) is 0. The number of rotatable bonds is 3. The molecule has 2 rings (SSSR count). The number of aromatic nitrogens is 4. The van der Waals surface area contributed by atoms with Gasteiger partial charge in [-0.2, -0.15) is 18.0 Å². The minimum absolute atomic E-state index is 0.132. The zero-order chi connectivity index (χ0) is 14.0. The van der Waals surface area contributed by atoms with E-state index in [9.17, 15) is 13.2 Å². The maximum Gasteiger partial charge on any atom is 0.401 e. The van der Waals surface area contributed by atoms with Crippen molar-refractivity contribution in [3.63, 3.8) is 0 Å². The van der Waals surface area contributed by atoms with Gasteiger partial charge in [0.05, 0.1) is 20.1 Å². The van der Waals surface area contributed by atoms with Gasteiger partial charge in [0.2, 0.25) is 0 Å². The molecule has 0 aliphatic carbocycles. The van der Waals surface area contributed by atoms with Gasteiger partial charge in [0, 0.05) is 25.7 Å². The minimum Gasteiger partial charge on any atom is -0.293 e. The number of tetrazole rings is 1. The summed E-state index contributed by atoms with van der Waals surface area (Å²) in [5, 5.41) is 11.7. The number of aryl methyl sites for hydroxylation is 1. The Morgan fingerprint density at radius 2 is 2.05 bits per heavy atom. The van der Waals surface area contributed by atoms with Crippen LogP contribution in [0.5, 0.6) is 0 Å². The molecule has 108 valence electrons. The first kappa shape index (κ1) is 14.2. The summed E-state index contributed by atoms with van der Waals surface area (Å²) in [6.07, 6.45) is -4.14. The molecule has 1 aliphatic rings. The molecule has 19 heavy (non-hydrogen) atoms. The van der Waals surface area contributed by atoms with Gasteiger partial charge in [-0.3, -0.25) is 9.80 Å². The van der Waals surface area contributed by atoms with Crippen LogP contribution in [0.1, 0.15) is 12.7 Å². The van der Waals surface area contributed by atoms with Crippen molar-refractivity contribution in [3.8, 4) is 0 Å². The number of nitrogens with zero attached hydrogens (tertiary/aromatic N) is 6. The van der Waals surface area contributed by atoms with Gasteiger partial charge in [-0.1, -0.05) is 0 Å². The highest BCUT2D eigenvalue weighted by molar-refractivity contribution is 4.84. The van der Waals surface area contributed by atoms with E-state index >= 15 is 0 Å². The Morgan fingerprint density at radius 1 is 1.32 bits per heavy atom. The second-order valence-electron chi connectivity index (χ2n) is 4.86. The summed E-state index contributed by atoms with van der Waals surface area (Å²) >= 11 is 0. The van der Waals surface area contributed by atoms with Crippen molar-refractivity contribution in [1.29, 1.82) is 0 Å². The number of hydrogen-bond acceptors (Lipinski definition) is 5. The maximum absolute atomic E-state index is 12.4. The van der Waals surface area contributed by atoms with Gasteiger partial charge >= 0.3 is 6.18 Å². The number of piperazine rings is 1. The molecule has 9 heteroatoms. The lowest BCUT2D eigenvalue weighted by molar-refractivity contribution is -0.155. The van der Waals surface area contributed by atoms with Crippen molar-refractivity contribution in [1.82, 2.24) is 30.0 Å². The van der Waals surface area contributed by atoms with E-state index in [1.165, 1.54) is 9.70 Å². The van der Waals surface area contributed by atoms with Gasteiger partial charge in [0.15, 0.2) is 5.82 Å². The standard InChI is InChI=1S/C10H17F3N6/c1-8-5-18(6-9-14-16-17(2)15-9)3-4-19(8)7-10(11,12)13/h8H,3-7H2,1-2H3. The Bertz CT molecular complexity index is 418. The zero-order valence-corrected chi connectivity index (χ0v) is 10.9. The second-order valence-corrected chi connectivity index (χ2v) is 4.86. The molecule has 1 aromatic rings. The first-order valence-corrected chi connectivity index (χ1v) is 6.09. The summed E-state index contributed by atoms with van der Waals surface area (Å²) in [6.45, 7) is 3.05. The smallest absolute Gasteiger partial charge is 0.293 e. The predicted molar refractivity (Wildman–Crippen MR) is 61.2 cm³/mol. The van der Waals surface area contributed by atoms with Gasteiger partial charge in [-0.25, -0.2) is 0 Å². The van der Waals surface area contributed by atoms with Gasteiger partial charge in [0.25, 0.3) is 0 Å². The summed E-state index contributed by atoms with van der Waals surface area (Å²) in [6, 6.07) is -0.132. The predicted octanol–water partition coefficient (Wildman–Crippen LogP) is 0.278. The number of hydrogen-bond donors (Lipinski definition) is 0. The molecule has 1 atom stereocenters. The second kappa shape index (κ2) is 5.41. The maximum atomic E-state index is 12.4. The fraction of sp³-hybridized carbons (Fsp3) is 0.900. The van der Waals surface area contributed by atoms with E-state index in [4.69, 9.17) is 0 Å². The lowest BCUT2D eigenvalue weighted by Gasteiger charge is -2.39. The monoisotopic (exact) mass is 278 g/mol. The van der Waals surface area contributed by atoms with Gasteiger partial charge in [-0.15, -0.1) is 10.2 Å². The lowest BCUT2D eigenvalue weighted by atomic mass is 10.2. The topological polar surface area (TPSA) is 50.1 Å². The molecule has 1 saturated heterocycles. The Morgan fingerprint density at radius 3 is 2.58 bits per heavy atom. The molecule has 1 aliphatic heterocycles. The molecule has 6 nitrogen and oxygen atoms in total. The minimum atomic E-state index is -4.14. The molecule has 1 fully saturated rings. The Balaban J connectivity index is 1.86. The fourth-order valence-electron chi connectivity index (χ4n) is 2.27. The van der Waals surface area contributed by atoms with Crippen LogP contribution in [-0.4, -0.2) is 68.4 Å². The van der Waals surface area contributed by atoms with Crippen molar-refractivity contribution < 1.29 is 13.2 Å². The number of alkyl halides is 3. The molecule has 1 aromatic heterocycles. The Labute approximate surface area is 109 Å². The highest BCUT2D eigenvalue weighted by atomic mass is 19.4. The van der Waals surface area contributed by atoms with Crippen LogP contribution in [-0.2, 0) is 13.6 Å². The van der Waals surface area contributed by atoms with E-state index in [1.54, 1.807) is 7.05 Å². The van der Waals surface area contributed by atoms with Crippen LogP contribution >= 0.6 is 0 Å². The summed E-state index contributed by atoms with van der Waals surface area (Å²) in [7, 11) is 1.68. The normalized spacial score (nSPS) is 22.9. The van der Waals surface area contributed by atoms with Crippen LogP contribution in [0.4, 0.5) is 13.2 Å². The molecule has 2 heterocycles. The van der Waals surface area contributed by atoms with Gasteiger partial charge < -0.3 is 0 Å². The van der Waals surface area contributed by atoms with Gasteiger partial charge in [-0.05, 0) is 12.1 Å².